The second-order valence-corrected chi connectivity index (χ2v) is 32.3. The molecule has 15 rings (SSSR count). The van der Waals surface area contributed by atoms with Crippen molar-refractivity contribution in [1.29, 1.82) is 0 Å². The van der Waals surface area contributed by atoms with Gasteiger partial charge in [0.05, 0.1) is 99.1 Å². The Morgan fingerprint density at radius 2 is 0.672 bits per heavy atom. The van der Waals surface area contributed by atoms with Gasteiger partial charge in [-0.1, -0.05) is 127 Å². The summed E-state index contributed by atoms with van der Waals surface area (Å²) in [6, 6.07) is 53.8. The molecule has 11 aromatic rings. The Labute approximate surface area is 808 Å². The van der Waals surface area contributed by atoms with Gasteiger partial charge in [-0.3, -0.25) is 4.79 Å². The highest BCUT2D eigenvalue weighted by molar-refractivity contribution is 6.30. The molecule has 7 aromatic heterocycles. The molecule has 39 nitrogen and oxygen atoms in total. The molecule has 0 radical (unpaired) electrons. The molecule has 137 heavy (non-hydrogen) atoms. The second kappa shape index (κ2) is 60.2. The zero-order valence-corrected chi connectivity index (χ0v) is 79.6. The maximum Gasteiger partial charge on any atom is 0.230 e. The highest BCUT2D eigenvalue weighted by Gasteiger charge is 2.27. The fourth-order valence-electron chi connectivity index (χ4n) is 14.5. The summed E-state index contributed by atoms with van der Waals surface area (Å²) in [4.78, 5) is 96.6. The molecule has 0 spiro atoms. The van der Waals surface area contributed by atoms with Crippen molar-refractivity contribution in [3.8, 4) is 34.2 Å². The first kappa shape index (κ1) is 103. The van der Waals surface area contributed by atoms with Crippen LogP contribution in [0.15, 0.2) is 182 Å². The van der Waals surface area contributed by atoms with E-state index in [1.807, 2.05) is 163 Å². The predicted molar refractivity (Wildman–Crippen MR) is 537 cm³/mol. The number of hydrogen-bond acceptors (Lipinski definition) is 38. The van der Waals surface area contributed by atoms with Crippen molar-refractivity contribution >= 4 is 82.5 Å². The molecule has 11 N–H and O–H groups in total. The number of benzene rings is 4. The Bertz CT molecular complexity index is 4990. The van der Waals surface area contributed by atoms with Crippen LogP contribution in [0.4, 0.5) is 65.0 Å². The minimum absolute atomic E-state index is 0.255. The number of anilines is 11. The van der Waals surface area contributed by atoms with Crippen LogP contribution in [0.25, 0.3) is 34.2 Å². The van der Waals surface area contributed by atoms with Gasteiger partial charge in [-0.05, 0) is 92.4 Å². The predicted octanol–water partition coefficient (Wildman–Crippen LogP) is 8.70. The first-order valence-electron chi connectivity index (χ1n) is 47.4. The number of aromatic nitrogens is 15. The number of likely N-dealkylation sites (tertiary alicyclic amines) is 1. The SMILES string of the molecule is CCCOCCOCCNc1nc(Cc2ccccc2)nc(NCCCN2CCCC2=O)n1.Cc1ccc(-c2nc(NCCOCCOCCN)nc(N3CCN(c4ccccn4)CC3)n2)cc1.NCCOCCOCCNc1nc(-c2ccc(Cl)cc2)nc(N2CCN(c3ccccn3)CC2)n1.NCCOCCOCCNc1nc(-c2ccccc2)nc(N2CCN(c3ccccn3)CC2)n1. The van der Waals surface area contributed by atoms with E-state index < -0.39 is 0 Å². The van der Waals surface area contributed by atoms with Crippen LogP contribution in [0, 0.1) is 6.92 Å². The van der Waals surface area contributed by atoms with Crippen molar-refractivity contribution in [2.45, 2.75) is 46.0 Å². The number of pyridine rings is 3. The number of ether oxygens (including phenoxy) is 8. The van der Waals surface area contributed by atoms with Gasteiger partial charge in [0.1, 0.15) is 23.3 Å². The van der Waals surface area contributed by atoms with Gasteiger partial charge >= 0.3 is 0 Å². The van der Waals surface area contributed by atoms with Gasteiger partial charge in [0.25, 0.3) is 0 Å². The zero-order chi connectivity index (χ0) is 95.2. The van der Waals surface area contributed by atoms with Gasteiger partial charge in [0.2, 0.25) is 53.5 Å². The van der Waals surface area contributed by atoms with E-state index in [1.165, 1.54) is 5.56 Å². The van der Waals surface area contributed by atoms with Crippen LogP contribution in [0.5, 0.6) is 0 Å². The van der Waals surface area contributed by atoms with Crippen molar-refractivity contribution in [1.82, 2.24) is 79.7 Å². The topological polar surface area (TPSA) is 445 Å². The minimum Gasteiger partial charge on any atom is -0.379 e. The van der Waals surface area contributed by atoms with E-state index in [4.69, 9.17) is 96.6 Å². The summed E-state index contributed by atoms with van der Waals surface area (Å²) in [7, 11) is 0. The number of nitrogens with two attached hydrogens (primary N) is 3. The molecule has 0 unspecified atom stereocenters. The first-order valence-corrected chi connectivity index (χ1v) is 47.8. The quantitative estimate of drug-likeness (QED) is 0.0165. The number of nitrogens with zero attached hydrogens (tertiary/aromatic N) is 22. The number of hydrogen-bond donors (Lipinski definition) is 8. The number of halogens is 1. The van der Waals surface area contributed by atoms with Crippen molar-refractivity contribution in [3.05, 3.63) is 204 Å². The van der Waals surface area contributed by atoms with Crippen molar-refractivity contribution in [2.24, 2.45) is 17.2 Å². The van der Waals surface area contributed by atoms with Gasteiger partial charge in [-0.25, -0.2) is 15.0 Å². The van der Waals surface area contributed by atoms with Gasteiger partial charge in [-0.2, -0.15) is 59.8 Å². The molecular formula is C97H133ClN30O9. The lowest BCUT2D eigenvalue weighted by molar-refractivity contribution is -0.127. The summed E-state index contributed by atoms with van der Waals surface area (Å²) in [6.45, 7) is 29.1. The molecule has 4 fully saturated rings. The monoisotopic (exact) mass is 1900 g/mol. The van der Waals surface area contributed by atoms with E-state index in [9.17, 15) is 4.79 Å². The summed E-state index contributed by atoms with van der Waals surface area (Å²) in [5.41, 5.74) is 21.4. The highest BCUT2D eigenvalue weighted by Crippen LogP contribution is 2.28. The maximum atomic E-state index is 11.8. The van der Waals surface area contributed by atoms with Crippen molar-refractivity contribution in [3.63, 3.8) is 0 Å². The third kappa shape index (κ3) is 36.8. The first-order chi connectivity index (χ1) is 67.5. The Morgan fingerprint density at radius 1 is 0.336 bits per heavy atom. The van der Waals surface area contributed by atoms with Crippen molar-refractivity contribution < 1.29 is 42.7 Å². The molecule has 4 saturated heterocycles. The van der Waals surface area contributed by atoms with Crippen LogP contribution >= 0.6 is 11.6 Å². The van der Waals surface area contributed by atoms with E-state index >= 15 is 0 Å². The van der Waals surface area contributed by atoms with Crippen LogP contribution < -0.4 is 73.2 Å². The number of aryl methyl sites for hydroxylation is 1. The minimum atomic E-state index is 0.255. The van der Waals surface area contributed by atoms with E-state index in [0.717, 1.165) is 157 Å². The normalized spacial score (nSPS) is 13.7. The Morgan fingerprint density at radius 3 is 1.03 bits per heavy atom. The Kier molecular flexibility index (Phi) is 45.4. The van der Waals surface area contributed by atoms with Crippen molar-refractivity contribution in [2.75, 3.05) is 306 Å². The summed E-state index contributed by atoms with van der Waals surface area (Å²) in [5, 5.41) is 17.0. The van der Waals surface area contributed by atoms with Crippen LogP contribution in [0.2, 0.25) is 5.02 Å². The molecular weight excluding hydrogens is 1760 g/mol. The molecule has 0 bridgehead atoms. The average molecular weight is 1900 g/mol. The second-order valence-electron chi connectivity index (χ2n) is 31.9. The number of nitrogens with one attached hydrogen (secondary N) is 5. The fourth-order valence-corrected chi connectivity index (χ4v) is 14.7. The molecule has 4 aliphatic rings. The fraction of sp³-hybridized carbons (Fsp3) is 0.464. The largest absolute Gasteiger partial charge is 0.379 e. The van der Waals surface area contributed by atoms with Crippen LogP contribution in [0.1, 0.15) is 49.6 Å². The Balaban J connectivity index is 0.000000164. The van der Waals surface area contributed by atoms with Gasteiger partial charge < -0.3 is 116 Å². The Hall–Kier alpha value is -12.5. The van der Waals surface area contributed by atoms with Gasteiger partial charge in [-0.15, -0.1) is 0 Å². The molecule has 4 aromatic carbocycles. The number of carbonyl (C=O) groups excluding carboxylic acids is 1. The van der Waals surface area contributed by atoms with Crippen LogP contribution in [-0.4, -0.2) is 335 Å². The summed E-state index contributed by atoms with van der Waals surface area (Å²) in [6.07, 6.45) is 9.61. The van der Waals surface area contributed by atoms with E-state index in [0.29, 0.717) is 240 Å². The molecule has 40 heteroatoms. The molecule has 4 aliphatic heterocycles. The molecule has 0 aliphatic carbocycles. The summed E-state index contributed by atoms with van der Waals surface area (Å²) < 4.78 is 43.8. The summed E-state index contributed by atoms with van der Waals surface area (Å²) >= 11 is 6.07. The maximum absolute atomic E-state index is 11.8. The van der Waals surface area contributed by atoms with Crippen LogP contribution in [-0.2, 0) is 49.1 Å². The number of piperazine rings is 3. The van der Waals surface area contributed by atoms with E-state index in [-0.39, 0.29) is 5.91 Å². The highest BCUT2D eigenvalue weighted by atomic mass is 35.5. The smallest absolute Gasteiger partial charge is 0.230 e. The molecule has 11 heterocycles. The van der Waals surface area contributed by atoms with E-state index in [2.05, 4.69) is 139 Å². The van der Waals surface area contributed by atoms with Crippen LogP contribution in [0.3, 0.4) is 0 Å². The lowest BCUT2D eigenvalue weighted by atomic mass is 10.1. The number of amides is 1. The molecule has 0 saturated carbocycles. The molecule has 0 atom stereocenters. The molecule has 1 amide bonds. The summed E-state index contributed by atoms with van der Waals surface area (Å²) in [5.74, 6) is 10.5. The third-order valence-electron chi connectivity index (χ3n) is 21.6. The standard InChI is InChI=1S/C25H34N8O2.C24H31ClN8O2.C24H32N8O2.C24H36N6O3/c1-20-5-7-21(8-6-20)23-29-24(28-11-17-35-19-18-34-16-9-26)31-25(30-23)33-14-12-32(13-15-33)22-4-2-3-10-27-22;25-20-6-4-19(5-7-20)22-29-23(28-10-16-35-18-17-34-15-8-26)31-24(30-22)33-13-11-32(12-14-33)21-3-1-2-9-27-21;25-9-16-33-18-19-34-17-11-27-23-28-22(20-6-2-1-3-7-20)29-24(30-23)32-14-12-31(13-15-32)21-8-4-5-10-26-21;1-2-15-32-17-18-33-16-12-26-24-28-21(19-20-8-4-3-5-9-20)27-23(29-24)25-11-7-14-30-13-6-10-22(30)31/h2-8,10H,9,11-19,26H2,1H3,(H,28,29,30,31);1-7,9H,8,10-18,26H2,(H,28,29,30,31);1-8,10H,9,11-19,25H2,(H,27,28,29,30);3-5,8-9H,2,6-7,10-19H2,1H3,(H2,25,26,27,28,29). The van der Waals surface area contributed by atoms with Gasteiger partial charge in [0.15, 0.2) is 17.5 Å². The average Bonchev–Trinajstić information content (AvgIpc) is 1.64. The zero-order valence-electron chi connectivity index (χ0n) is 78.8. The third-order valence-corrected chi connectivity index (χ3v) is 21.9. The van der Waals surface area contributed by atoms with Gasteiger partial charge in [0, 0.05) is 204 Å². The lowest BCUT2D eigenvalue weighted by Gasteiger charge is -2.35. The lowest BCUT2D eigenvalue weighted by Crippen LogP contribution is -2.47. The number of rotatable bonds is 52. The molecule has 732 valence electrons. The van der Waals surface area contributed by atoms with E-state index in [1.54, 1.807) is 0 Å². The number of carbonyl (C=O) groups is 1.